The third-order valence-electron chi connectivity index (χ3n) is 6.97. The van der Waals surface area contributed by atoms with Crippen molar-refractivity contribution in [1.29, 1.82) is 0 Å². The predicted octanol–water partition coefficient (Wildman–Crippen LogP) is 3.01. The number of aromatic nitrogens is 1. The molecule has 166 valence electrons. The topological polar surface area (TPSA) is 39.0 Å². The lowest BCUT2D eigenvalue weighted by molar-refractivity contribution is 0.0766. The molecule has 2 saturated heterocycles. The van der Waals surface area contributed by atoms with Gasteiger partial charge in [0.15, 0.2) is 6.39 Å². The zero-order valence-electron chi connectivity index (χ0n) is 19.4. The molecule has 0 bridgehead atoms. The zero-order valence-corrected chi connectivity index (χ0v) is 19.4. The molecule has 1 aliphatic carbocycles. The summed E-state index contributed by atoms with van der Waals surface area (Å²) in [6.07, 6.45) is 6.19. The van der Waals surface area contributed by atoms with E-state index in [-0.39, 0.29) is 0 Å². The lowest BCUT2D eigenvalue weighted by atomic mass is 10.1. The van der Waals surface area contributed by atoms with Crippen molar-refractivity contribution in [3.8, 4) is 0 Å². The van der Waals surface area contributed by atoms with Crippen LogP contribution in [0, 0.1) is 5.92 Å². The van der Waals surface area contributed by atoms with Gasteiger partial charge in [-0.3, -0.25) is 19.6 Å². The maximum absolute atomic E-state index is 4.97. The highest BCUT2D eigenvalue weighted by Gasteiger charge is 2.33. The van der Waals surface area contributed by atoms with Crippen molar-refractivity contribution < 1.29 is 4.42 Å². The Hall–Kier alpha value is -0.950. The Morgan fingerprint density at radius 2 is 1.34 bits per heavy atom. The van der Waals surface area contributed by atoms with Crippen molar-refractivity contribution in [2.24, 2.45) is 5.92 Å². The Balaban J connectivity index is 0.000000166. The van der Waals surface area contributed by atoms with Gasteiger partial charge in [-0.1, -0.05) is 0 Å². The standard InChI is InChI=1S/C12H24N2.C11H19N3O/c1-10(2)13-6-8-14(9-7-13)11(3)12-4-5-12;1-10(2)14-5-3-13(4-6-14)7-11-8-15-9-12-11/h10-12H,4-9H2,1-3H3;8-10H,3-7H2,1-2H3. The van der Waals surface area contributed by atoms with Gasteiger partial charge in [0.1, 0.15) is 6.26 Å². The van der Waals surface area contributed by atoms with Gasteiger partial charge in [-0.05, 0) is 53.4 Å². The number of hydrogen-bond donors (Lipinski definition) is 0. The summed E-state index contributed by atoms with van der Waals surface area (Å²) < 4.78 is 4.97. The van der Waals surface area contributed by atoms with E-state index in [0.717, 1.165) is 56.4 Å². The fourth-order valence-electron chi connectivity index (χ4n) is 4.52. The maximum atomic E-state index is 4.97. The second kappa shape index (κ2) is 10.9. The van der Waals surface area contributed by atoms with Crippen LogP contribution in [0.5, 0.6) is 0 Å². The molecule has 1 saturated carbocycles. The van der Waals surface area contributed by atoms with Crippen LogP contribution in [-0.2, 0) is 6.54 Å². The molecule has 0 aromatic carbocycles. The van der Waals surface area contributed by atoms with Crippen LogP contribution in [0.4, 0.5) is 0 Å². The lowest BCUT2D eigenvalue weighted by Crippen LogP contribution is -2.51. The number of rotatable bonds is 6. The van der Waals surface area contributed by atoms with Crippen LogP contribution in [0.15, 0.2) is 17.1 Å². The van der Waals surface area contributed by atoms with Crippen molar-refractivity contribution in [3.63, 3.8) is 0 Å². The molecule has 1 aromatic heterocycles. The van der Waals surface area contributed by atoms with E-state index < -0.39 is 0 Å². The molecule has 0 amide bonds. The molecule has 2 aliphatic heterocycles. The van der Waals surface area contributed by atoms with E-state index in [1.165, 1.54) is 45.4 Å². The Bertz CT molecular complexity index is 556. The van der Waals surface area contributed by atoms with Crippen molar-refractivity contribution in [2.75, 3.05) is 52.4 Å². The van der Waals surface area contributed by atoms with E-state index in [9.17, 15) is 0 Å². The smallest absolute Gasteiger partial charge is 0.180 e. The van der Waals surface area contributed by atoms with Crippen molar-refractivity contribution in [1.82, 2.24) is 24.6 Å². The van der Waals surface area contributed by atoms with Gasteiger partial charge >= 0.3 is 0 Å². The highest BCUT2D eigenvalue weighted by Crippen LogP contribution is 2.35. The molecule has 0 N–H and O–H groups in total. The first kappa shape index (κ1) is 22.7. The Morgan fingerprint density at radius 3 is 1.79 bits per heavy atom. The highest BCUT2D eigenvalue weighted by atomic mass is 16.3. The first-order valence-electron chi connectivity index (χ1n) is 11.8. The summed E-state index contributed by atoms with van der Waals surface area (Å²) in [4.78, 5) is 14.4. The minimum atomic E-state index is 0.666. The minimum absolute atomic E-state index is 0.666. The number of piperazine rings is 2. The molecule has 3 heterocycles. The van der Waals surface area contributed by atoms with E-state index in [0.29, 0.717) is 6.04 Å². The SMILES string of the molecule is CC(C)N1CCN(C(C)C2CC2)CC1.CC(C)N1CCN(Cc2cocn2)CC1. The van der Waals surface area contributed by atoms with Gasteiger partial charge in [-0.2, -0.15) is 0 Å². The van der Waals surface area contributed by atoms with E-state index in [1.807, 2.05) is 0 Å². The quantitative estimate of drug-likeness (QED) is 0.724. The number of nitrogens with zero attached hydrogens (tertiary/aromatic N) is 5. The molecule has 1 atom stereocenters. The summed E-state index contributed by atoms with van der Waals surface area (Å²) in [6, 6.07) is 2.25. The Labute approximate surface area is 178 Å². The lowest BCUT2D eigenvalue weighted by Gasteiger charge is -2.39. The molecule has 1 aromatic rings. The fourth-order valence-corrected chi connectivity index (χ4v) is 4.52. The molecule has 0 spiro atoms. The average Bonchev–Trinajstić information content (AvgIpc) is 3.45. The molecule has 6 nitrogen and oxygen atoms in total. The largest absolute Gasteiger partial charge is 0.451 e. The van der Waals surface area contributed by atoms with Crippen molar-refractivity contribution in [3.05, 3.63) is 18.4 Å². The van der Waals surface area contributed by atoms with Gasteiger partial charge in [0.2, 0.25) is 0 Å². The third kappa shape index (κ3) is 7.06. The van der Waals surface area contributed by atoms with Crippen LogP contribution in [0.1, 0.15) is 53.2 Å². The van der Waals surface area contributed by atoms with E-state index >= 15 is 0 Å². The minimum Gasteiger partial charge on any atom is -0.451 e. The molecule has 29 heavy (non-hydrogen) atoms. The second-order valence-corrected chi connectivity index (χ2v) is 9.63. The monoisotopic (exact) mass is 405 g/mol. The molecular weight excluding hydrogens is 362 g/mol. The normalized spacial score (nSPS) is 24.0. The summed E-state index contributed by atoms with van der Waals surface area (Å²) in [6.45, 7) is 22.2. The molecule has 1 unspecified atom stereocenters. The first-order chi connectivity index (χ1) is 13.9. The van der Waals surface area contributed by atoms with Crippen LogP contribution >= 0.6 is 0 Å². The maximum Gasteiger partial charge on any atom is 0.180 e. The molecular formula is C23H43N5O. The molecule has 6 heteroatoms. The number of oxazole rings is 1. The fraction of sp³-hybridized carbons (Fsp3) is 0.870. The molecule has 4 rings (SSSR count). The average molecular weight is 406 g/mol. The van der Waals surface area contributed by atoms with Gasteiger partial charge in [-0.25, -0.2) is 4.98 Å². The summed E-state index contributed by atoms with van der Waals surface area (Å²) in [5.41, 5.74) is 1.04. The van der Waals surface area contributed by atoms with E-state index in [4.69, 9.17) is 4.42 Å². The van der Waals surface area contributed by atoms with Gasteiger partial charge in [0, 0.05) is 77.0 Å². The van der Waals surface area contributed by atoms with Crippen LogP contribution in [0.2, 0.25) is 0 Å². The van der Waals surface area contributed by atoms with Gasteiger partial charge in [0.05, 0.1) is 5.69 Å². The van der Waals surface area contributed by atoms with Crippen LogP contribution in [0.25, 0.3) is 0 Å². The summed E-state index contributed by atoms with van der Waals surface area (Å²) in [7, 11) is 0. The Kier molecular flexibility index (Phi) is 8.54. The first-order valence-corrected chi connectivity index (χ1v) is 11.8. The van der Waals surface area contributed by atoms with E-state index in [2.05, 4.69) is 59.2 Å². The number of hydrogen-bond acceptors (Lipinski definition) is 6. The van der Waals surface area contributed by atoms with Gasteiger partial charge in [0.25, 0.3) is 0 Å². The third-order valence-corrected chi connectivity index (χ3v) is 6.97. The van der Waals surface area contributed by atoms with Crippen LogP contribution in [0.3, 0.4) is 0 Å². The summed E-state index contributed by atoms with van der Waals surface area (Å²) >= 11 is 0. The zero-order chi connectivity index (χ0) is 20.8. The second-order valence-electron chi connectivity index (χ2n) is 9.63. The Morgan fingerprint density at radius 1 is 0.828 bits per heavy atom. The van der Waals surface area contributed by atoms with E-state index in [1.54, 1.807) is 6.26 Å². The molecule has 3 fully saturated rings. The summed E-state index contributed by atoms with van der Waals surface area (Å²) in [5, 5.41) is 0. The van der Waals surface area contributed by atoms with Crippen molar-refractivity contribution >= 4 is 0 Å². The van der Waals surface area contributed by atoms with Gasteiger partial charge in [-0.15, -0.1) is 0 Å². The van der Waals surface area contributed by atoms with Gasteiger partial charge < -0.3 is 4.42 Å². The highest BCUT2D eigenvalue weighted by molar-refractivity contribution is 4.91. The molecule has 3 aliphatic rings. The molecule has 0 radical (unpaired) electrons. The predicted molar refractivity (Wildman–Crippen MR) is 119 cm³/mol. The van der Waals surface area contributed by atoms with Crippen molar-refractivity contribution in [2.45, 2.75) is 72.1 Å². The summed E-state index contributed by atoms with van der Waals surface area (Å²) in [5.74, 6) is 1.03. The van der Waals surface area contributed by atoms with Crippen LogP contribution in [-0.4, -0.2) is 95.1 Å². The van der Waals surface area contributed by atoms with Crippen LogP contribution < -0.4 is 0 Å².